The van der Waals surface area contributed by atoms with Crippen molar-refractivity contribution in [3.8, 4) is 0 Å². The number of amides is 1. The molecule has 112 valence electrons. The van der Waals surface area contributed by atoms with E-state index in [4.69, 9.17) is 16.3 Å². The van der Waals surface area contributed by atoms with Crippen LogP contribution in [0.25, 0.3) is 0 Å². The molecule has 1 N–H and O–H groups in total. The van der Waals surface area contributed by atoms with E-state index in [0.717, 1.165) is 10.6 Å². The lowest BCUT2D eigenvalue weighted by Crippen LogP contribution is -2.42. The maximum atomic E-state index is 11.9. The molecular weight excluding hydrogens is 276 g/mol. The van der Waals surface area contributed by atoms with Crippen molar-refractivity contribution in [2.24, 2.45) is 0 Å². The van der Waals surface area contributed by atoms with E-state index in [-0.39, 0.29) is 18.0 Å². The molecular formula is C15H23ClN2O2. The summed E-state index contributed by atoms with van der Waals surface area (Å²) in [6.45, 7) is 4.85. The van der Waals surface area contributed by atoms with Crippen LogP contribution in [0, 0.1) is 0 Å². The van der Waals surface area contributed by atoms with E-state index >= 15 is 0 Å². The van der Waals surface area contributed by atoms with Gasteiger partial charge in [-0.2, -0.15) is 0 Å². The second-order valence-corrected chi connectivity index (χ2v) is 5.50. The molecule has 0 aliphatic rings. The lowest BCUT2D eigenvalue weighted by Gasteiger charge is -2.25. The van der Waals surface area contributed by atoms with Crippen molar-refractivity contribution in [2.75, 3.05) is 27.3 Å². The number of ether oxygens (including phenoxy) is 1. The predicted molar refractivity (Wildman–Crippen MR) is 82.0 cm³/mol. The smallest absolute Gasteiger partial charge is 0.234 e. The number of hydrogen-bond acceptors (Lipinski definition) is 3. The molecule has 0 spiro atoms. The Morgan fingerprint density at radius 3 is 2.50 bits per heavy atom. The zero-order chi connectivity index (χ0) is 15.1. The number of carbonyl (C=O) groups excluding carboxylic acids is 1. The Kier molecular flexibility index (Phi) is 6.99. The fourth-order valence-electron chi connectivity index (χ4n) is 1.97. The van der Waals surface area contributed by atoms with Gasteiger partial charge in [-0.15, -0.1) is 0 Å². The average molecular weight is 299 g/mol. The fourth-order valence-corrected chi connectivity index (χ4v) is 2.10. The largest absolute Gasteiger partial charge is 0.383 e. The third-order valence-electron chi connectivity index (χ3n) is 3.23. The zero-order valence-electron chi connectivity index (χ0n) is 12.5. The van der Waals surface area contributed by atoms with Crippen molar-refractivity contribution in [1.82, 2.24) is 10.2 Å². The van der Waals surface area contributed by atoms with Crippen molar-refractivity contribution >= 4 is 17.5 Å². The molecule has 2 unspecified atom stereocenters. The second-order valence-electron chi connectivity index (χ2n) is 5.07. The summed E-state index contributed by atoms with van der Waals surface area (Å²) in [6.07, 6.45) is 0. The van der Waals surface area contributed by atoms with Crippen LogP contribution < -0.4 is 5.32 Å². The van der Waals surface area contributed by atoms with Crippen molar-refractivity contribution in [1.29, 1.82) is 0 Å². The van der Waals surface area contributed by atoms with Crippen LogP contribution in [0.15, 0.2) is 24.3 Å². The van der Waals surface area contributed by atoms with Crippen molar-refractivity contribution in [2.45, 2.75) is 25.9 Å². The first kappa shape index (κ1) is 17.0. The molecule has 2 atom stereocenters. The minimum absolute atomic E-state index is 0.00198. The summed E-state index contributed by atoms with van der Waals surface area (Å²) >= 11 is 5.88. The number of benzene rings is 1. The molecule has 5 heteroatoms. The molecule has 1 aromatic rings. The summed E-state index contributed by atoms with van der Waals surface area (Å²) in [4.78, 5) is 13.9. The Labute approximate surface area is 126 Å². The number of nitrogens with one attached hydrogen (secondary N) is 1. The molecule has 0 radical (unpaired) electrons. The van der Waals surface area contributed by atoms with Gasteiger partial charge in [0, 0.05) is 24.2 Å². The molecule has 1 rings (SSSR count). The first-order valence-electron chi connectivity index (χ1n) is 6.68. The summed E-state index contributed by atoms with van der Waals surface area (Å²) in [7, 11) is 3.55. The van der Waals surface area contributed by atoms with Gasteiger partial charge >= 0.3 is 0 Å². The third kappa shape index (κ3) is 5.49. The van der Waals surface area contributed by atoms with Gasteiger partial charge in [-0.3, -0.25) is 9.69 Å². The van der Waals surface area contributed by atoms with Crippen LogP contribution in [-0.2, 0) is 9.53 Å². The number of rotatable bonds is 7. The molecule has 0 saturated carbocycles. The summed E-state index contributed by atoms with van der Waals surface area (Å²) < 4.78 is 5.00. The molecule has 0 aromatic heterocycles. The Morgan fingerprint density at radius 1 is 1.35 bits per heavy atom. The van der Waals surface area contributed by atoms with E-state index in [0.29, 0.717) is 13.2 Å². The number of hydrogen-bond donors (Lipinski definition) is 1. The van der Waals surface area contributed by atoms with Crippen LogP contribution in [0.2, 0.25) is 5.02 Å². The zero-order valence-corrected chi connectivity index (χ0v) is 13.3. The van der Waals surface area contributed by atoms with E-state index in [1.807, 2.05) is 43.1 Å². The van der Waals surface area contributed by atoms with E-state index in [1.54, 1.807) is 7.11 Å². The lowest BCUT2D eigenvalue weighted by atomic mass is 10.1. The Bertz CT molecular complexity index is 422. The van der Waals surface area contributed by atoms with Crippen molar-refractivity contribution in [3.05, 3.63) is 34.9 Å². The quantitative estimate of drug-likeness (QED) is 0.841. The second kappa shape index (κ2) is 8.25. The Balaban J connectivity index is 2.50. The average Bonchev–Trinajstić information content (AvgIpc) is 2.38. The Morgan fingerprint density at radius 2 is 1.95 bits per heavy atom. The normalized spacial score (nSPS) is 14.1. The van der Waals surface area contributed by atoms with Gasteiger partial charge in [-0.1, -0.05) is 23.7 Å². The van der Waals surface area contributed by atoms with Gasteiger partial charge in [0.2, 0.25) is 5.91 Å². The van der Waals surface area contributed by atoms with E-state index in [2.05, 4.69) is 12.2 Å². The van der Waals surface area contributed by atoms with Gasteiger partial charge in [0.05, 0.1) is 13.2 Å². The van der Waals surface area contributed by atoms with Gasteiger partial charge < -0.3 is 10.1 Å². The molecule has 0 aliphatic heterocycles. The predicted octanol–water partition coefficient (Wildman–Crippen LogP) is 2.48. The monoisotopic (exact) mass is 298 g/mol. The molecule has 0 fully saturated rings. The highest BCUT2D eigenvalue weighted by molar-refractivity contribution is 6.30. The highest BCUT2D eigenvalue weighted by atomic mass is 35.5. The topological polar surface area (TPSA) is 41.6 Å². The van der Waals surface area contributed by atoms with E-state index in [1.165, 1.54) is 0 Å². The van der Waals surface area contributed by atoms with Crippen LogP contribution in [-0.4, -0.2) is 44.2 Å². The van der Waals surface area contributed by atoms with Gasteiger partial charge in [0.25, 0.3) is 0 Å². The van der Waals surface area contributed by atoms with Crippen LogP contribution in [0.4, 0.5) is 0 Å². The fraction of sp³-hybridized carbons (Fsp3) is 0.533. The van der Waals surface area contributed by atoms with Crippen LogP contribution in [0.5, 0.6) is 0 Å². The van der Waals surface area contributed by atoms with E-state index in [9.17, 15) is 4.79 Å². The number of halogens is 1. The van der Waals surface area contributed by atoms with Crippen LogP contribution >= 0.6 is 11.6 Å². The molecule has 20 heavy (non-hydrogen) atoms. The molecule has 0 heterocycles. The molecule has 0 saturated heterocycles. The van der Waals surface area contributed by atoms with Gasteiger partial charge in [0.15, 0.2) is 0 Å². The minimum atomic E-state index is -0.00198. The van der Waals surface area contributed by atoms with Gasteiger partial charge in [-0.05, 0) is 38.6 Å². The molecule has 4 nitrogen and oxygen atoms in total. The number of carbonyl (C=O) groups is 1. The number of nitrogens with zero attached hydrogens (tertiary/aromatic N) is 1. The van der Waals surface area contributed by atoms with Crippen molar-refractivity contribution < 1.29 is 9.53 Å². The molecule has 1 amide bonds. The molecule has 0 bridgehead atoms. The Hall–Kier alpha value is -1.10. The van der Waals surface area contributed by atoms with Gasteiger partial charge in [0.1, 0.15) is 0 Å². The maximum absolute atomic E-state index is 11.9. The number of likely N-dealkylation sites (N-methyl/N-ethyl adjacent to an activating group) is 1. The standard InChI is InChI=1S/C15H23ClN2O2/c1-11(10-20-4)17-15(19)9-18(3)12(2)13-5-7-14(16)8-6-13/h5-8,11-12H,9-10H2,1-4H3,(H,17,19). The maximum Gasteiger partial charge on any atom is 0.234 e. The summed E-state index contributed by atoms with van der Waals surface area (Å²) in [6, 6.07) is 7.86. The highest BCUT2D eigenvalue weighted by Gasteiger charge is 2.16. The highest BCUT2D eigenvalue weighted by Crippen LogP contribution is 2.20. The van der Waals surface area contributed by atoms with Gasteiger partial charge in [-0.25, -0.2) is 0 Å². The first-order chi connectivity index (χ1) is 9.43. The summed E-state index contributed by atoms with van der Waals surface area (Å²) in [5.74, 6) is -0.00198. The third-order valence-corrected chi connectivity index (χ3v) is 3.48. The van der Waals surface area contributed by atoms with Crippen molar-refractivity contribution in [3.63, 3.8) is 0 Å². The lowest BCUT2D eigenvalue weighted by molar-refractivity contribution is -0.123. The van der Waals surface area contributed by atoms with E-state index < -0.39 is 0 Å². The summed E-state index contributed by atoms with van der Waals surface area (Å²) in [5, 5.41) is 3.62. The SMILES string of the molecule is COCC(C)NC(=O)CN(C)C(C)c1ccc(Cl)cc1. The number of methoxy groups -OCH3 is 1. The van der Waals surface area contributed by atoms with Crippen LogP contribution in [0.1, 0.15) is 25.5 Å². The first-order valence-corrected chi connectivity index (χ1v) is 7.05. The molecule has 1 aromatic carbocycles. The molecule has 0 aliphatic carbocycles. The minimum Gasteiger partial charge on any atom is -0.383 e. The van der Waals surface area contributed by atoms with Crippen LogP contribution in [0.3, 0.4) is 0 Å². The summed E-state index contributed by atoms with van der Waals surface area (Å²) in [5.41, 5.74) is 1.13.